The van der Waals surface area contributed by atoms with E-state index in [1.807, 2.05) is 12.1 Å². The minimum absolute atomic E-state index is 0.0248. The van der Waals surface area contributed by atoms with Crippen LogP contribution in [0.5, 0.6) is 0 Å². The van der Waals surface area contributed by atoms with E-state index in [4.69, 9.17) is 13.9 Å². The third kappa shape index (κ3) is 3.05. The molecule has 1 aromatic heterocycles. The molecule has 1 aliphatic carbocycles. The van der Waals surface area contributed by atoms with Crippen LogP contribution in [0.2, 0.25) is 0 Å². The SMILES string of the molecule is CCCCOC1CC(c2ccco2)C2=C(CCCC2=O)O1. The molecular weight excluding hydrogens is 268 g/mol. The summed E-state index contributed by atoms with van der Waals surface area (Å²) < 4.78 is 17.3. The van der Waals surface area contributed by atoms with Crippen molar-refractivity contribution in [1.29, 1.82) is 0 Å². The highest BCUT2D eigenvalue weighted by Gasteiger charge is 2.38. The second-order valence-electron chi connectivity index (χ2n) is 5.69. The maximum absolute atomic E-state index is 12.3. The Morgan fingerprint density at radius 2 is 2.29 bits per heavy atom. The van der Waals surface area contributed by atoms with Gasteiger partial charge in [-0.2, -0.15) is 0 Å². The maximum atomic E-state index is 12.3. The van der Waals surface area contributed by atoms with Crippen molar-refractivity contribution in [3.63, 3.8) is 0 Å². The van der Waals surface area contributed by atoms with Gasteiger partial charge in [-0.15, -0.1) is 0 Å². The third-order valence-corrected chi connectivity index (χ3v) is 4.15. The quantitative estimate of drug-likeness (QED) is 0.771. The predicted molar refractivity (Wildman–Crippen MR) is 77.7 cm³/mol. The molecule has 0 bridgehead atoms. The van der Waals surface area contributed by atoms with Crippen molar-refractivity contribution >= 4 is 5.78 Å². The van der Waals surface area contributed by atoms with E-state index in [2.05, 4.69) is 6.92 Å². The van der Waals surface area contributed by atoms with Gasteiger partial charge in [0.2, 0.25) is 0 Å². The van der Waals surface area contributed by atoms with Crippen molar-refractivity contribution in [1.82, 2.24) is 0 Å². The second kappa shape index (κ2) is 6.48. The fourth-order valence-corrected chi connectivity index (χ4v) is 3.07. The van der Waals surface area contributed by atoms with Crippen molar-refractivity contribution < 1.29 is 18.7 Å². The van der Waals surface area contributed by atoms with E-state index in [9.17, 15) is 4.79 Å². The van der Waals surface area contributed by atoms with E-state index in [1.54, 1.807) is 6.26 Å². The summed E-state index contributed by atoms with van der Waals surface area (Å²) in [4.78, 5) is 12.3. The first-order valence-corrected chi connectivity index (χ1v) is 7.87. The molecule has 3 rings (SSSR count). The summed E-state index contributed by atoms with van der Waals surface area (Å²) in [6, 6.07) is 3.80. The van der Waals surface area contributed by atoms with Gasteiger partial charge in [-0.1, -0.05) is 13.3 Å². The number of carbonyl (C=O) groups excluding carboxylic acids is 1. The Morgan fingerprint density at radius 3 is 3.05 bits per heavy atom. The summed E-state index contributed by atoms with van der Waals surface area (Å²) >= 11 is 0. The van der Waals surface area contributed by atoms with Crippen LogP contribution in [0.3, 0.4) is 0 Å². The number of furan rings is 1. The van der Waals surface area contributed by atoms with Crippen LogP contribution in [0.15, 0.2) is 34.1 Å². The Bertz CT molecular complexity index is 515. The van der Waals surface area contributed by atoms with Gasteiger partial charge in [0.05, 0.1) is 18.8 Å². The number of rotatable bonds is 5. The van der Waals surface area contributed by atoms with E-state index in [1.165, 1.54) is 0 Å². The van der Waals surface area contributed by atoms with Crippen molar-refractivity contribution in [2.24, 2.45) is 0 Å². The highest BCUT2D eigenvalue weighted by molar-refractivity contribution is 5.98. The zero-order valence-corrected chi connectivity index (χ0v) is 12.5. The predicted octanol–water partition coefficient (Wildman–Crippen LogP) is 3.93. The van der Waals surface area contributed by atoms with Crippen molar-refractivity contribution in [3.8, 4) is 0 Å². The number of allylic oxidation sites excluding steroid dienone is 2. The molecule has 114 valence electrons. The Morgan fingerprint density at radius 1 is 1.38 bits per heavy atom. The molecule has 4 nitrogen and oxygen atoms in total. The van der Waals surface area contributed by atoms with Crippen LogP contribution in [0.1, 0.15) is 57.1 Å². The summed E-state index contributed by atoms with van der Waals surface area (Å²) in [5, 5.41) is 0. The molecule has 2 unspecified atom stereocenters. The Hall–Kier alpha value is -1.55. The van der Waals surface area contributed by atoms with Gasteiger partial charge >= 0.3 is 0 Å². The first-order valence-electron chi connectivity index (χ1n) is 7.87. The highest BCUT2D eigenvalue weighted by atomic mass is 16.7. The van der Waals surface area contributed by atoms with Crippen LogP contribution in [0.4, 0.5) is 0 Å². The number of unbranched alkanes of at least 4 members (excludes halogenated alkanes) is 1. The van der Waals surface area contributed by atoms with Gasteiger partial charge in [0.25, 0.3) is 0 Å². The summed E-state index contributed by atoms with van der Waals surface area (Å²) in [5.41, 5.74) is 0.812. The third-order valence-electron chi connectivity index (χ3n) is 4.15. The van der Waals surface area contributed by atoms with Gasteiger partial charge in [-0.05, 0) is 25.0 Å². The average Bonchev–Trinajstić information content (AvgIpc) is 3.01. The number of ketones is 1. The number of Topliss-reactive ketones (excluding diaryl/α,β-unsaturated/α-hetero) is 1. The van der Waals surface area contributed by atoms with Crippen LogP contribution < -0.4 is 0 Å². The zero-order valence-electron chi connectivity index (χ0n) is 12.5. The molecule has 0 saturated heterocycles. The summed E-state index contributed by atoms with van der Waals surface area (Å²) in [5.74, 6) is 1.83. The molecule has 0 amide bonds. The summed E-state index contributed by atoms with van der Waals surface area (Å²) in [6.45, 7) is 2.83. The van der Waals surface area contributed by atoms with Gasteiger partial charge in [0.15, 0.2) is 12.1 Å². The first-order chi connectivity index (χ1) is 10.3. The van der Waals surface area contributed by atoms with E-state index in [0.29, 0.717) is 19.4 Å². The molecule has 0 spiro atoms. The lowest BCUT2D eigenvalue weighted by atomic mass is 9.82. The van der Waals surface area contributed by atoms with Crippen molar-refractivity contribution in [2.45, 2.75) is 57.7 Å². The van der Waals surface area contributed by atoms with E-state index in [-0.39, 0.29) is 18.0 Å². The minimum Gasteiger partial charge on any atom is -0.469 e. The van der Waals surface area contributed by atoms with Gasteiger partial charge in [0.1, 0.15) is 11.5 Å². The lowest BCUT2D eigenvalue weighted by molar-refractivity contribution is -0.140. The first kappa shape index (κ1) is 14.4. The van der Waals surface area contributed by atoms with Crippen LogP contribution in [-0.4, -0.2) is 18.7 Å². The highest BCUT2D eigenvalue weighted by Crippen LogP contribution is 2.42. The summed E-state index contributed by atoms with van der Waals surface area (Å²) in [6.07, 6.45) is 6.47. The summed E-state index contributed by atoms with van der Waals surface area (Å²) in [7, 11) is 0. The molecule has 1 aliphatic heterocycles. The van der Waals surface area contributed by atoms with E-state index < -0.39 is 0 Å². The molecule has 2 atom stereocenters. The van der Waals surface area contributed by atoms with Crippen molar-refractivity contribution in [2.75, 3.05) is 6.61 Å². The Balaban J connectivity index is 1.83. The molecule has 21 heavy (non-hydrogen) atoms. The van der Waals surface area contributed by atoms with Gasteiger partial charge in [-0.25, -0.2) is 0 Å². The maximum Gasteiger partial charge on any atom is 0.200 e. The second-order valence-corrected chi connectivity index (χ2v) is 5.69. The molecule has 0 N–H and O–H groups in total. The smallest absolute Gasteiger partial charge is 0.200 e. The molecule has 0 saturated carbocycles. The number of hydrogen-bond acceptors (Lipinski definition) is 4. The minimum atomic E-state index is -0.267. The van der Waals surface area contributed by atoms with Crippen LogP contribution in [0.25, 0.3) is 0 Å². The van der Waals surface area contributed by atoms with Gasteiger partial charge in [-0.3, -0.25) is 4.79 Å². The molecule has 0 radical (unpaired) electrons. The molecule has 1 aromatic rings. The molecule has 2 heterocycles. The monoisotopic (exact) mass is 290 g/mol. The Labute approximate surface area is 125 Å². The Kier molecular flexibility index (Phi) is 4.44. The fourth-order valence-electron chi connectivity index (χ4n) is 3.07. The van der Waals surface area contributed by atoms with E-state index >= 15 is 0 Å². The average molecular weight is 290 g/mol. The number of hydrogen-bond donors (Lipinski definition) is 0. The molecule has 4 heteroatoms. The molecule has 0 fully saturated rings. The van der Waals surface area contributed by atoms with Crippen LogP contribution in [-0.2, 0) is 14.3 Å². The van der Waals surface area contributed by atoms with Crippen LogP contribution in [0, 0.1) is 0 Å². The topological polar surface area (TPSA) is 48.7 Å². The van der Waals surface area contributed by atoms with Gasteiger partial charge < -0.3 is 13.9 Å². The van der Waals surface area contributed by atoms with Crippen LogP contribution >= 0.6 is 0 Å². The molecule has 2 aliphatic rings. The molecular formula is C17H22O4. The lowest BCUT2D eigenvalue weighted by Gasteiger charge is -2.34. The lowest BCUT2D eigenvalue weighted by Crippen LogP contribution is -2.32. The standard InChI is InChI=1S/C17H22O4/c1-2-3-9-20-16-11-12(14-8-5-10-19-14)17-13(18)6-4-7-15(17)21-16/h5,8,10,12,16H,2-4,6-7,9,11H2,1H3. The number of ether oxygens (including phenoxy) is 2. The van der Waals surface area contributed by atoms with Gasteiger partial charge in [0, 0.05) is 24.8 Å². The van der Waals surface area contributed by atoms with Crippen molar-refractivity contribution in [3.05, 3.63) is 35.5 Å². The van der Waals surface area contributed by atoms with E-state index in [0.717, 1.165) is 42.8 Å². The normalized spacial score (nSPS) is 25.7. The fraction of sp³-hybridized carbons (Fsp3) is 0.588. The molecule has 0 aromatic carbocycles. The largest absolute Gasteiger partial charge is 0.469 e. The zero-order chi connectivity index (χ0) is 14.7. The number of carbonyl (C=O) groups is 1.